The number of benzene rings is 1. The maximum absolute atomic E-state index is 10.2. The lowest BCUT2D eigenvalue weighted by molar-refractivity contribution is 0.0882. The van der Waals surface area contributed by atoms with E-state index >= 15 is 0 Å². The normalized spacial score (nSPS) is 14.8. The zero-order valence-electron chi connectivity index (χ0n) is 22.0. The summed E-state index contributed by atoms with van der Waals surface area (Å²) in [5.74, 6) is 7.47. The quantitative estimate of drug-likeness (QED) is 0.119. The van der Waals surface area contributed by atoms with Crippen LogP contribution in [-0.2, 0) is 10.8 Å². The average molecular weight is 601 g/mol. The molecule has 0 aliphatic rings. The first kappa shape index (κ1) is 30.5. The molecule has 5 heteroatoms. The fourth-order valence-corrected chi connectivity index (χ4v) is 6.37. The lowest BCUT2D eigenvalue weighted by Crippen LogP contribution is -2.53. The predicted molar refractivity (Wildman–Crippen MR) is 153 cm³/mol. The smallest absolute Gasteiger partial charge is 0.194 e. The Kier molecular flexibility index (Phi) is 12.0. The molecule has 0 aliphatic heterocycles. The summed E-state index contributed by atoms with van der Waals surface area (Å²) in [4.78, 5) is 0. The summed E-state index contributed by atoms with van der Waals surface area (Å²) in [6.07, 6.45) is 7.00. The van der Waals surface area contributed by atoms with Crippen LogP contribution in [0.1, 0.15) is 85.6 Å². The van der Waals surface area contributed by atoms with Gasteiger partial charge in [-0.15, -0.1) is 0 Å². The van der Waals surface area contributed by atoms with E-state index in [0.29, 0.717) is 8.95 Å². The molecular formula is C28H44Br2O2Si. The van der Waals surface area contributed by atoms with Gasteiger partial charge in [0.2, 0.25) is 0 Å². The van der Waals surface area contributed by atoms with Crippen LogP contribution < -0.4 is 0 Å². The fraction of sp³-hybridized carbons (Fsp3) is 0.643. The lowest BCUT2D eigenvalue weighted by Gasteiger charge is -2.47. The number of rotatable bonds is 11. The van der Waals surface area contributed by atoms with Gasteiger partial charge in [0, 0.05) is 12.3 Å². The van der Waals surface area contributed by atoms with Crippen LogP contribution in [0.25, 0.3) is 0 Å². The second kappa shape index (κ2) is 13.0. The Labute approximate surface area is 221 Å². The van der Waals surface area contributed by atoms with E-state index in [1.54, 1.807) is 0 Å². The molecule has 2 nitrogen and oxygen atoms in total. The van der Waals surface area contributed by atoms with Gasteiger partial charge in [0.1, 0.15) is 11.4 Å². The molecular weight excluding hydrogens is 556 g/mol. The first-order valence-electron chi connectivity index (χ1n) is 12.3. The molecule has 0 aliphatic carbocycles. The summed E-state index contributed by atoms with van der Waals surface area (Å²) < 4.78 is 8.62. The molecule has 1 aromatic rings. The van der Waals surface area contributed by atoms with Gasteiger partial charge >= 0.3 is 0 Å². The van der Waals surface area contributed by atoms with E-state index in [2.05, 4.69) is 105 Å². The molecule has 0 spiro atoms. The molecule has 2 unspecified atom stereocenters. The Morgan fingerprint density at radius 2 is 1.67 bits per heavy atom. The third-order valence-electron chi connectivity index (χ3n) is 6.82. The molecule has 0 amide bonds. The summed E-state index contributed by atoms with van der Waals surface area (Å²) in [6.45, 7) is 22.7. The summed E-state index contributed by atoms with van der Waals surface area (Å²) >= 11 is 6.97. The van der Waals surface area contributed by atoms with E-state index < -0.39 is 13.9 Å². The first-order valence-corrected chi connectivity index (χ1v) is 16.8. The Bertz CT molecular complexity index is 838. The van der Waals surface area contributed by atoms with Crippen molar-refractivity contribution in [2.45, 2.75) is 110 Å². The van der Waals surface area contributed by atoms with E-state index in [4.69, 9.17) is 4.43 Å². The van der Waals surface area contributed by atoms with Crippen LogP contribution in [0.4, 0.5) is 0 Å². The summed E-state index contributed by atoms with van der Waals surface area (Å²) in [6, 6.07) is 3.99. The van der Waals surface area contributed by atoms with Crippen molar-refractivity contribution < 1.29 is 9.53 Å². The highest BCUT2D eigenvalue weighted by Crippen LogP contribution is 2.45. The van der Waals surface area contributed by atoms with E-state index in [1.807, 2.05) is 12.1 Å². The SMILES string of the molecule is C=C(CCCC)C(C#CCCCC)(O[Si](C)(C)C(C)(C)C)C(C)Cc1cc(Br)c(O)c(Br)c1. The first-order chi connectivity index (χ1) is 15.2. The van der Waals surface area contributed by atoms with Crippen molar-refractivity contribution in [1.29, 1.82) is 0 Å². The van der Waals surface area contributed by atoms with Gasteiger partial charge in [-0.05, 0) is 98.9 Å². The van der Waals surface area contributed by atoms with E-state index in [9.17, 15) is 5.11 Å². The van der Waals surface area contributed by atoms with Gasteiger partial charge in [-0.3, -0.25) is 0 Å². The average Bonchev–Trinajstić information content (AvgIpc) is 2.71. The number of unbranched alkanes of at least 4 members (excludes halogenated alkanes) is 3. The van der Waals surface area contributed by atoms with Crippen LogP contribution in [0.5, 0.6) is 5.75 Å². The van der Waals surface area contributed by atoms with Gasteiger partial charge in [-0.1, -0.05) is 72.8 Å². The molecule has 0 saturated carbocycles. The van der Waals surface area contributed by atoms with Crippen molar-refractivity contribution in [1.82, 2.24) is 0 Å². The summed E-state index contributed by atoms with van der Waals surface area (Å²) in [5.41, 5.74) is 1.53. The molecule has 0 heterocycles. The highest BCUT2D eigenvalue weighted by Gasteiger charge is 2.48. The topological polar surface area (TPSA) is 29.5 Å². The number of aromatic hydroxyl groups is 1. The number of hydrogen-bond acceptors (Lipinski definition) is 2. The minimum Gasteiger partial charge on any atom is -0.506 e. The lowest BCUT2D eigenvalue weighted by atomic mass is 9.78. The Balaban J connectivity index is 3.58. The Morgan fingerprint density at radius 1 is 1.12 bits per heavy atom. The van der Waals surface area contributed by atoms with Gasteiger partial charge in [0.15, 0.2) is 8.32 Å². The van der Waals surface area contributed by atoms with Gasteiger partial charge in [-0.2, -0.15) is 0 Å². The molecule has 0 fully saturated rings. The van der Waals surface area contributed by atoms with Gasteiger partial charge in [-0.25, -0.2) is 0 Å². The second-order valence-corrected chi connectivity index (χ2v) is 17.2. The fourth-order valence-electron chi connectivity index (χ4n) is 3.58. The Morgan fingerprint density at radius 3 is 2.15 bits per heavy atom. The number of phenols is 1. The van der Waals surface area contributed by atoms with Crippen molar-refractivity contribution in [3.05, 3.63) is 38.8 Å². The van der Waals surface area contributed by atoms with Crippen LogP contribution in [-0.4, -0.2) is 19.0 Å². The minimum atomic E-state index is -2.14. The van der Waals surface area contributed by atoms with Crippen molar-refractivity contribution in [2.24, 2.45) is 5.92 Å². The van der Waals surface area contributed by atoms with Crippen molar-refractivity contribution in [3.63, 3.8) is 0 Å². The van der Waals surface area contributed by atoms with E-state index in [-0.39, 0.29) is 16.7 Å². The molecule has 0 bridgehead atoms. The molecule has 1 N–H and O–H groups in total. The Hall–Kier alpha value is -0.543. The zero-order chi connectivity index (χ0) is 25.4. The molecule has 33 heavy (non-hydrogen) atoms. The number of phenolic OH excluding ortho intramolecular Hbond substituents is 1. The van der Waals surface area contributed by atoms with Crippen LogP contribution >= 0.6 is 31.9 Å². The molecule has 0 saturated heterocycles. The van der Waals surface area contributed by atoms with Crippen molar-refractivity contribution in [2.75, 3.05) is 0 Å². The standard InChI is InChI=1S/C28H44Br2O2Si/c1-10-12-14-15-17-28(21(3)16-13-11-2,32-33(8,9)27(5,6)7)22(4)18-23-19-24(29)26(31)25(30)20-23/h19-20,22,31H,3,10-14,16,18H2,1-2,4-9H3. The predicted octanol–water partition coefficient (Wildman–Crippen LogP) is 9.80. The summed E-state index contributed by atoms with van der Waals surface area (Å²) in [5, 5.41) is 10.2. The monoisotopic (exact) mass is 598 g/mol. The highest BCUT2D eigenvalue weighted by molar-refractivity contribution is 9.11. The molecule has 1 rings (SSSR count). The summed E-state index contributed by atoms with van der Waals surface area (Å²) in [7, 11) is -2.14. The molecule has 1 aromatic carbocycles. The maximum Gasteiger partial charge on any atom is 0.194 e. The van der Waals surface area contributed by atoms with Crippen molar-refractivity contribution in [3.8, 4) is 17.6 Å². The molecule has 2 atom stereocenters. The third-order valence-corrected chi connectivity index (χ3v) is 12.5. The van der Waals surface area contributed by atoms with Gasteiger partial charge < -0.3 is 9.53 Å². The van der Waals surface area contributed by atoms with Gasteiger partial charge in [0.25, 0.3) is 0 Å². The van der Waals surface area contributed by atoms with Crippen LogP contribution in [0.2, 0.25) is 18.1 Å². The minimum absolute atomic E-state index is 0.0682. The van der Waals surface area contributed by atoms with Crippen LogP contribution in [0.15, 0.2) is 33.2 Å². The number of halogens is 2. The zero-order valence-corrected chi connectivity index (χ0v) is 26.2. The largest absolute Gasteiger partial charge is 0.506 e. The molecule has 186 valence electrons. The van der Waals surface area contributed by atoms with Crippen LogP contribution in [0, 0.1) is 17.8 Å². The molecule has 0 aromatic heterocycles. The highest BCUT2D eigenvalue weighted by atomic mass is 79.9. The van der Waals surface area contributed by atoms with Gasteiger partial charge in [0.05, 0.1) is 8.95 Å². The third kappa shape index (κ3) is 8.27. The van der Waals surface area contributed by atoms with E-state index in [0.717, 1.165) is 56.1 Å². The second-order valence-electron chi connectivity index (χ2n) is 10.7. The molecule has 0 radical (unpaired) electrons. The van der Waals surface area contributed by atoms with Crippen molar-refractivity contribution >= 4 is 40.2 Å². The van der Waals surface area contributed by atoms with E-state index in [1.165, 1.54) is 0 Å². The number of hydrogen-bond donors (Lipinski definition) is 1. The van der Waals surface area contributed by atoms with Crippen LogP contribution in [0.3, 0.4) is 0 Å². The maximum atomic E-state index is 10.2.